The average Bonchev–Trinajstić information content (AvgIpc) is 2.84. The van der Waals surface area contributed by atoms with Gasteiger partial charge in [-0.2, -0.15) is 8.78 Å². The van der Waals surface area contributed by atoms with Crippen molar-refractivity contribution in [1.29, 1.82) is 0 Å². The van der Waals surface area contributed by atoms with E-state index in [1.54, 1.807) is 19.1 Å². The summed E-state index contributed by atoms with van der Waals surface area (Å²) in [5, 5.41) is 9.59. The summed E-state index contributed by atoms with van der Waals surface area (Å²) in [6, 6.07) is 14.4. The van der Waals surface area contributed by atoms with E-state index in [9.17, 15) is 27.1 Å². The number of carboxylic acid groups (broad SMARTS) is 1. The van der Waals surface area contributed by atoms with Gasteiger partial charge in [-0.25, -0.2) is 12.8 Å². The molecule has 0 aliphatic carbocycles. The first-order valence-corrected chi connectivity index (χ1v) is 13.1. The van der Waals surface area contributed by atoms with Crippen molar-refractivity contribution in [2.24, 2.45) is 5.41 Å². The van der Waals surface area contributed by atoms with Gasteiger partial charge < -0.3 is 14.6 Å². The molecule has 1 heterocycles. The van der Waals surface area contributed by atoms with Gasteiger partial charge in [0.2, 0.25) is 0 Å². The number of carbonyl (C=O) groups is 1. The van der Waals surface area contributed by atoms with Crippen LogP contribution in [0.4, 0.5) is 18.9 Å². The number of fused-ring (bicyclic) bond motifs is 1. The maximum Gasteiger partial charge on any atom is 0.387 e. The third kappa shape index (κ3) is 5.42. The maximum absolute atomic E-state index is 15.0. The monoisotopic (exact) mass is 549 g/mol. The van der Waals surface area contributed by atoms with Crippen LogP contribution in [0.25, 0.3) is 11.1 Å². The number of aliphatic carboxylic acids is 1. The Kier molecular flexibility index (Phi) is 7.33. The second-order valence-electron chi connectivity index (χ2n) is 9.66. The highest BCUT2D eigenvalue weighted by Gasteiger charge is 2.39. The highest BCUT2D eigenvalue weighted by Crippen LogP contribution is 2.42. The Hall–Kier alpha value is -3.73. The van der Waals surface area contributed by atoms with E-state index in [2.05, 4.69) is 4.74 Å². The lowest BCUT2D eigenvalue weighted by atomic mass is 9.86. The van der Waals surface area contributed by atoms with Crippen molar-refractivity contribution in [3.8, 4) is 22.6 Å². The number of alkyl halides is 2. The van der Waals surface area contributed by atoms with Crippen LogP contribution in [0.15, 0.2) is 65.6 Å². The molecule has 0 radical (unpaired) electrons. The lowest BCUT2D eigenvalue weighted by Gasteiger charge is -2.38. The summed E-state index contributed by atoms with van der Waals surface area (Å²) in [4.78, 5) is 11.7. The van der Waals surface area contributed by atoms with Gasteiger partial charge in [0.15, 0.2) is 11.6 Å². The fourth-order valence-electron chi connectivity index (χ4n) is 4.29. The zero-order chi connectivity index (χ0) is 27.8. The molecule has 0 spiro atoms. The number of sulfonamides is 1. The number of carboxylic acids is 1. The maximum atomic E-state index is 15.0. The molecular weight excluding hydrogens is 523 g/mol. The Morgan fingerprint density at radius 3 is 2.53 bits per heavy atom. The summed E-state index contributed by atoms with van der Waals surface area (Å²) >= 11 is 0. The standard InChI is InChI=1S/C27H26F3NO6S/c1-16-6-4-7-19(12-16)38(34,35)31-15-18(14-27(2,3)25(32)33)36-22-11-10-17(13-21(22)31)20-8-5-9-23(24(20)28)37-26(29)30/h4-13,18,26H,14-15H2,1-3H3,(H,32,33)/t18-/m0/s1. The van der Waals surface area contributed by atoms with Gasteiger partial charge in [0, 0.05) is 12.0 Å². The Bertz CT molecular complexity index is 1480. The van der Waals surface area contributed by atoms with Gasteiger partial charge in [0.25, 0.3) is 10.0 Å². The summed E-state index contributed by atoms with van der Waals surface area (Å²) in [5.74, 6) is -2.58. The third-order valence-corrected chi connectivity index (χ3v) is 8.05. The number of nitrogens with zero attached hydrogens (tertiary/aromatic N) is 1. The molecule has 3 aromatic rings. The molecule has 1 atom stereocenters. The Labute approximate surface area is 218 Å². The van der Waals surface area contributed by atoms with E-state index in [0.29, 0.717) is 0 Å². The Morgan fingerprint density at radius 1 is 1.16 bits per heavy atom. The number of anilines is 1. The second kappa shape index (κ2) is 10.2. The van der Waals surface area contributed by atoms with Crippen LogP contribution in [0.1, 0.15) is 25.8 Å². The molecule has 0 saturated heterocycles. The van der Waals surface area contributed by atoms with Crippen LogP contribution in [0.5, 0.6) is 11.5 Å². The van der Waals surface area contributed by atoms with Crippen molar-refractivity contribution in [3.05, 3.63) is 72.0 Å². The van der Waals surface area contributed by atoms with Crippen molar-refractivity contribution in [3.63, 3.8) is 0 Å². The van der Waals surface area contributed by atoms with Crippen LogP contribution in [-0.2, 0) is 14.8 Å². The summed E-state index contributed by atoms with van der Waals surface area (Å²) in [7, 11) is -4.15. The first kappa shape index (κ1) is 27.3. The van der Waals surface area contributed by atoms with E-state index < -0.39 is 45.7 Å². The average molecular weight is 550 g/mol. The highest BCUT2D eigenvalue weighted by molar-refractivity contribution is 7.92. The fraction of sp³-hybridized carbons (Fsp3) is 0.296. The topological polar surface area (TPSA) is 93.1 Å². The van der Waals surface area contributed by atoms with Crippen LogP contribution >= 0.6 is 0 Å². The fourth-order valence-corrected chi connectivity index (χ4v) is 5.90. The smallest absolute Gasteiger partial charge is 0.387 e. The zero-order valence-electron chi connectivity index (χ0n) is 20.8. The number of benzene rings is 3. The Morgan fingerprint density at radius 2 is 1.87 bits per heavy atom. The summed E-state index contributed by atoms with van der Waals surface area (Å²) in [5.41, 5.74) is -0.246. The van der Waals surface area contributed by atoms with Crippen molar-refractivity contribution < 1.29 is 41.0 Å². The number of rotatable bonds is 8. The second-order valence-corrected chi connectivity index (χ2v) is 11.5. The summed E-state index contributed by atoms with van der Waals surface area (Å²) < 4.78 is 79.5. The Balaban J connectivity index is 1.83. The molecule has 1 N–H and O–H groups in total. The number of aryl methyl sites for hydroxylation is 1. The molecule has 0 unspecified atom stereocenters. The SMILES string of the molecule is Cc1cccc(S(=O)(=O)N2C[C@H](CC(C)(C)C(=O)O)Oc3ccc(-c4cccc(OC(F)F)c4F)cc32)c1. The van der Waals surface area contributed by atoms with Gasteiger partial charge in [0.05, 0.1) is 22.5 Å². The molecule has 202 valence electrons. The number of hydrogen-bond donors (Lipinski definition) is 1. The van der Waals surface area contributed by atoms with Crippen molar-refractivity contribution in [2.45, 2.75) is 44.8 Å². The van der Waals surface area contributed by atoms with E-state index in [1.807, 2.05) is 0 Å². The lowest BCUT2D eigenvalue weighted by molar-refractivity contribution is -0.148. The van der Waals surface area contributed by atoms with Crippen molar-refractivity contribution >= 4 is 21.7 Å². The van der Waals surface area contributed by atoms with Gasteiger partial charge >= 0.3 is 12.6 Å². The molecular formula is C27H26F3NO6S. The molecule has 0 aromatic heterocycles. The van der Waals surface area contributed by atoms with Crippen molar-refractivity contribution in [1.82, 2.24) is 0 Å². The van der Waals surface area contributed by atoms with Crippen molar-refractivity contribution in [2.75, 3.05) is 10.8 Å². The van der Waals surface area contributed by atoms with E-state index in [4.69, 9.17) is 4.74 Å². The molecule has 3 aromatic carbocycles. The molecule has 0 saturated carbocycles. The largest absolute Gasteiger partial charge is 0.486 e. The summed E-state index contributed by atoms with van der Waals surface area (Å²) in [6.45, 7) is 1.38. The van der Waals surface area contributed by atoms with Crippen LogP contribution in [-0.4, -0.2) is 38.8 Å². The minimum absolute atomic E-state index is 0.0189. The third-order valence-electron chi connectivity index (χ3n) is 6.28. The van der Waals surface area contributed by atoms with Crippen LogP contribution < -0.4 is 13.8 Å². The molecule has 1 aliphatic rings. The number of hydrogen-bond acceptors (Lipinski definition) is 5. The van der Waals surface area contributed by atoms with E-state index in [-0.39, 0.29) is 40.4 Å². The first-order chi connectivity index (χ1) is 17.8. The van der Waals surface area contributed by atoms with Crippen LogP contribution in [0.3, 0.4) is 0 Å². The first-order valence-electron chi connectivity index (χ1n) is 11.7. The minimum atomic E-state index is -4.15. The molecule has 4 rings (SSSR count). The predicted octanol–water partition coefficient (Wildman–Crippen LogP) is 5.86. The van der Waals surface area contributed by atoms with E-state index in [1.165, 1.54) is 56.3 Å². The molecule has 1 aliphatic heterocycles. The quantitative estimate of drug-likeness (QED) is 0.378. The minimum Gasteiger partial charge on any atom is -0.486 e. The predicted molar refractivity (Wildman–Crippen MR) is 135 cm³/mol. The zero-order valence-corrected chi connectivity index (χ0v) is 21.6. The van der Waals surface area contributed by atoms with Gasteiger partial charge in [0.1, 0.15) is 11.9 Å². The highest BCUT2D eigenvalue weighted by atomic mass is 32.2. The molecule has 11 heteroatoms. The lowest BCUT2D eigenvalue weighted by Crippen LogP contribution is -2.46. The molecule has 38 heavy (non-hydrogen) atoms. The van der Waals surface area contributed by atoms with Gasteiger partial charge in [-0.05, 0) is 62.2 Å². The summed E-state index contributed by atoms with van der Waals surface area (Å²) in [6.07, 6.45) is -0.774. The molecule has 0 bridgehead atoms. The van der Waals surface area contributed by atoms with E-state index in [0.717, 1.165) is 15.9 Å². The van der Waals surface area contributed by atoms with Crippen LogP contribution in [0, 0.1) is 18.2 Å². The molecule has 0 amide bonds. The van der Waals surface area contributed by atoms with Crippen LogP contribution in [0.2, 0.25) is 0 Å². The number of halogens is 3. The number of ether oxygens (including phenoxy) is 2. The van der Waals surface area contributed by atoms with Gasteiger partial charge in [-0.15, -0.1) is 0 Å². The van der Waals surface area contributed by atoms with Gasteiger partial charge in [-0.1, -0.05) is 30.3 Å². The normalized spacial score (nSPS) is 15.7. The molecule has 0 fully saturated rings. The van der Waals surface area contributed by atoms with Gasteiger partial charge in [-0.3, -0.25) is 9.10 Å². The van der Waals surface area contributed by atoms with E-state index >= 15 is 4.39 Å². The molecule has 7 nitrogen and oxygen atoms in total.